The second-order valence-corrected chi connectivity index (χ2v) is 4.99. The number of nitrogens with two attached hydrogens (primary N) is 1. The molecular formula is C15H11FN2S. The van der Waals surface area contributed by atoms with Gasteiger partial charge in [0.1, 0.15) is 10.8 Å². The summed E-state index contributed by atoms with van der Waals surface area (Å²) in [5.41, 5.74) is 9.13. The summed E-state index contributed by atoms with van der Waals surface area (Å²) < 4.78 is 13.2. The highest BCUT2D eigenvalue weighted by Gasteiger charge is 2.09. The van der Waals surface area contributed by atoms with Gasteiger partial charge in [0, 0.05) is 22.2 Å². The number of para-hydroxylation sites is 1. The van der Waals surface area contributed by atoms with Gasteiger partial charge >= 0.3 is 0 Å². The molecule has 0 saturated heterocycles. The van der Waals surface area contributed by atoms with Crippen molar-refractivity contribution in [3.05, 3.63) is 59.7 Å². The Morgan fingerprint density at radius 2 is 1.89 bits per heavy atom. The topological polar surface area (TPSA) is 38.9 Å². The van der Waals surface area contributed by atoms with Crippen LogP contribution >= 0.6 is 11.3 Å². The summed E-state index contributed by atoms with van der Waals surface area (Å²) in [6, 6.07) is 14.0. The molecule has 0 aliphatic carbocycles. The van der Waals surface area contributed by atoms with Crippen LogP contribution in [0.3, 0.4) is 0 Å². The Morgan fingerprint density at radius 1 is 1.05 bits per heavy atom. The molecule has 0 spiro atoms. The molecule has 0 bridgehead atoms. The minimum absolute atomic E-state index is 0.256. The number of nitrogens with zero attached hydrogens (tertiary/aromatic N) is 1. The number of hydrogen-bond donors (Lipinski definition) is 1. The smallest absolute Gasteiger partial charge is 0.124 e. The first-order valence-corrected chi connectivity index (χ1v) is 6.68. The van der Waals surface area contributed by atoms with Gasteiger partial charge in [0.15, 0.2) is 0 Å². The van der Waals surface area contributed by atoms with Crippen LogP contribution in [0.4, 0.5) is 10.1 Å². The molecule has 0 fully saturated rings. The molecule has 19 heavy (non-hydrogen) atoms. The average Bonchev–Trinajstić information content (AvgIpc) is 2.89. The lowest BCUT2D eigenvalue weighted by atomic mass is 10.1. The van der Waals surface area contributed by atoms with Crippen molar-refractivity contribution >= 4 is 17.0 Å². The van der Waals surface area contributed by atoms with E-state index >= 15 is 0 Å². The van der Waals surface area contributed by atoms with E-state index in [2.05, 4.69) is 4.98 Å². The van der Waals surface area contributed by atoms with E-state index in [1.807, 2.05) is 35.7 Å². The molecule has 0 aliphatic heterocycles. The molecule has 0 atom stereocenters. The molecule has 0 amide bonds. The van der Waals surface area contributed by atoms with Crippen molar-refractivity contribution in [2.75, 3.05) is 5.73 Å². The van der Waals surface area contributed by atoms with Gasteiger partial charge in [0.25, 0.3) is 0 Å². The van der Waals surface area contributed by atoms with E-state index in [0.717, 1.165) is 21.8 Å². The normalized spacial score (nSPS) is 10.6. The fourth-order valence-corrected chi connectivity index (χ4v) is 2.70. The summed E-state index contributed by atoms with van der Waals surface area (Å²) in [5, 5.41) is 2.73. The summed E-state index contributed by atoms with van der Waals surface area (Å²) in [4.78, 5) is 4.52. The third-order valence-electron chi connectivity index (χ3n) is 2.81. The highest BCUT2D eigenvalue weighted by molar-refractivity contribution is 7.13. The van der Waals surface area contributed by atoms with Gasteiger partial charge < -0.3 is 5.73 Å². The molecule has 1 aromatic heterocycles. The lowest BCUT2D eigenvalue weighted by Gasteiger charge is -2.01. The molecule has 4 heteroatoms. The van der Waals surface area contributed by atoms with Crippen molar-refractivity contribution in [3.63, 3.8) is 0 Å². The lowest BCUT2D eigenvalue weighted by molar-refractivity contribution is 0.628. The Bertz CT molecular complexity index is 721. The number of rotatable bonds is 2. The Hall–Kier alpha value is -2.20. The van der Waals surface area contributed by atoms with Crippen molar-refractivity contribution in [2.45, 2.75) is 0 Å². The van der Waals surface area contributed by atoms with Crippen molar-refractivity contribution in [3.8, 4) is 21.8 Å². The molecule has 0 saturated carbocycles. The molecule has 0 radical (unpaired) electrons. The number of halogens is 1. The van der Waals surface area contributed by atoms with Gasteiger partial charge in [-0.25, -0.2) is 9.37 Å². The van der Waals surface area contributed by atoms with Gasteiger partial charge in [-0.15, -0.1) is 11.3 Å². The summed E-state index contributed by atoms with van der Waals surface area (Å²) in [5.74, 6) is -0.256. The van der Waals surface area contributed by atoms with E-state index in [0.29, 0.717) is 5.69 Å². The zero-order valence-corrected chi connectivity index (χ0v) is 10.8. The molecule has 94 valence electrons. The standard InChI is InChI=1S/C15H11FN2S/c16-11-5-3-4-10(8-11)15-18-14(9-19-15)12-6-1-2-7-13(12)17/h1-9H,17H2. The van der Waals surface area contributed by atoms with Crippen LogP contribution in [0.25, 0.3) is 21.8 Å². The van der Waals surface area contributed by atoms with Gasteiger partial charge in [-0.3, -0.25) is 0 Å². The Labute approximate surface area is 114 Å². The SMILES string of the molecule is Nc1ccccc1-c1csc(-c2cccc(F)c2)n1. The van der Waals surface area contributed by atoms with Gasteiger partial charge in [0.05, 0.1) is 5.69 Å². The fourth-order valence-electron chi connectivity index (χ4n) is 1.88. The van der Waals surface area contributed by atoms with Crippen LogP contribution in [0.5, 0.6) is 0 Å². The summed E-state index contributed by atoms with van der Waals surface area (Å²) in [6.07, 6.45) is 0. The Morgan fingerprint density at radius 3 is 2.68 bits per heavy atom. The van der Waals surface area contributed by atoms with Crippen LogP contribution in [-0.2, 0) is 0 Å². The van der Waals surface area contributed by atoms with Crippen LogP contribution in [0.2, 0.25) is 0 Å². The van der Waals surface area contributed by atoms with Crippen molar-refractivity contribution in [1.29, 1.82) is 0 Å². The maximum Gasteiger partial charge on any atom is 0.124 e. The van der Waals surface area contributed by atoms with Gasteiger partial charge in [0.2, 0.25) is 0 Å². The highest BCUT2D eigenvalue weighted by Crippen LogP contribution is 2.31. The van der Waals surface area contributed by atoms with E-state index in [-0.39, 0.29) is 5.82 Å². The third-order valence-corrected chi connectivity index (χ3v) is 3.70. The van der Waals surface area contributed by atoms with Gasteiger partial charge in [-0.05, 0) is 18.2 Å². The number of anilines is 1. The number of benzene rings is 2. The first kappa shape index (κ1) is 11.9. The fraction of sp³-hybridized carbons (Fsp3) is 0. The van der Waals surface area contributed by atoms with Crippen molar-refractivity contribution < 1.29 is 4.39 Å². The molecule has 3 rings (SSSR count). The zero-order valence-electron chi connectivity index (χ0n) is 10.0. The molecule has 2 N–H and O–H groups in total. The van der Waals surface area contributed by atoms with Crippen LogP contribution in [0.1, 0.15) is 0 Å². The molecule has 0 unspecified atom stereocenters. The minimum Gasteiger partial charge on any atom is -0.398 e. The number of aromatic nitrogens is 1. The van der Waals surface area contributed by atoms with E-state index in [4.69, 9.17) is 5.73 Å². The third kappa shape index (κ3) is 2.35. The predicted molar refractivity (Wildman–Crippen MR) is 77.4 cm³/mol. The second-order valence-electron chi connectivity index (χ2n) is 4.14. The lowest BCUT2D eigenvalue weighted by Crippen LogP contribution is -1.89. The van der Waals surface area contributed by atoms with Crippen molar-refractivity contribution in [1.82, 2.24) is 4.98 Å². The molecule has 3 aromatic rings. The van der Waals surface area contributed by atoms with Crippen LogP contribution in [0.15, 0.2) is 53.9 Å². The maximum atomic E-state index is 13.2. The van der Waals surface area contributed by atoms with Crippen LogP contribution < -0.4 is 5.73 Å². The van der Waals surface area contributed by atoms with Gasteiger partial charge in [-0.1, -0.05) is 30.3 Å². The van der Waals surface area contributed by atoms with Crippen LogP contribution in [0, 0.1) is 5.82 Å². The van der Waals surface area contributed by atoms with E-state index in [9.17, 15) is 4.39 Å². The second kappa shape index (κ2) is 4.82. The predicted octanol–water partition coefficient (Wildman–Crippen LogP) is 4.20. The number of thiazole rings is 1. The van der Waals surface area contributed by atoms with E-state index in [1.54, 1.807) is 6.07 Å². The molecule has 2 nitrogen and oxygen atoms in total. The van der Waals surface area contributed by atoms with E-state index < -0.39 is 0 Å². The molecule has 0 aliphatic rings. The largest absolute Gasteiger partial charge is 0.398 e. The summed E-state index contributed by atoms with van der Waals surface area (Å²) in [7, 11) is 0. The number of hydrogen-bond acceptors (Lipinski definition) is 3. The van der Waals surface area contributed by atoms with Crippen molar-refractivity contribution in [2.24, 2.45) is 0 Å². The quantitative estimate of drug-likeness (QED) is 0.709. The minimum atomic E-state index is -0.256. The Balaban J connectivity index is 2.03. The van der Waals surface area contributed by atoms with Gasteiger partial charge in [-0.2, -0.15) is 0 Å². The Kier molecular flexibility index (Phi) is 3.01. The highest BCUT2D eigenvalue weighted by atomic mass is 32.1. The first-order chi connectivity index (χ1) is 9.24. The molecule has 1 heterocycles. The molecule has 2 aromatic carbocycles. The average molecular weight is 270 g/mol. The zero-order chi connectivity index (χ0) is 13.2. The summed E-state index contributed by atoms with van der Waals surface area (Å²) in [6.45, 7) is 0. The maximum absolute atomic E-state index is 13.2. The number of nitrogen functional groups attached to an aromatic ring is 1. The monoisotopic (exact) mass is 270 g/mol. The first-order valence-electron chi connectivity index (χ1n) is 5.80. The van der Waals surface area contributed by atoms with Crippen LogP contribution in [-0.4, -0.2) is 4.98 Å². The molecular weight excluding hydrogens is 259 g/mol. The van der Waals surface area contributed by atoms with E-state index in [1.165, 1.54) is 23.5 Å². The summed E-state index contributed by atoms with van der Waals surface area (Å²) >= 11 is 1.48.